The van der Waals surface area contributed by atoms with Gasteiger partial charge < -0.3 is 5.32 Å². The highest BCUT2D eigenvalue weighted by Crippen LogP contribution is 2.20. The van der Waals surface area contributed by atoms with Gasteiger partial charge in [0, 0.05) is 52.9 Å². The maximum Gasteiger partial charge on any atom is 0.272 e. The number of carbonyl (C=O) groups is 1. The average molecular weight is 387 g/mol. The van der Waals surface area contributed by atoms with Crippen molar-refractivity contribution in [1.82, 2.24) is 34.9 Å². The summed E-state index contributed by atoms with van der Waals surface area (Å²) in [6, 6.07) is 7.07. The summed E-state index contributed by atoms with van der Waals surface area (Å²) in [5.41, 5.74) is 5.35. The molecular formula is C21H21N7O. The molecule has 0 aliphatic carbocycles. The molecule has 0 aromatic carbocycles. The second-order valence-electron chi connectivity index (χ2n) is 7.00. The van der Waals surface area contributed by atoms with E-state index in [-0.39, 0.29) is 11.9 Å². The Hall–Kier alpha value is -3.68. The molecule has 0 saturated heterocycles. The molecule has 0 radical (unpaired) electrons. The van der Waals surface area contributed by atoms with Crippen LogP contribution in [0.2, 0.25) is 0 Å². The van der Waals surface area contributed by atoms with Gasteiger partial charge >= 0.3 is 0 Å². The summed E-state index contributed by atoms with van der Waals surface area (Å²) in [5, 5.41) is 7.36. The molecule has 0 fully saturated rings. The van der Waals surface area contributed by atoms with Gasteiger partial charge in [0.15, 0.2) is 17.2 Å². The van der Waals surface area contributed by atoms with E-state index >= 15 is 0 Å². The van der Waals surface area contributed by atoms with Crippen LogP contribution in [0.15, 0.2) is 42.9 Å². The third-order valence-corrected chi connectivity index (χ3v) is 4.74. The number of aromatic nitrogens is 6. The second kappa shape index (κ2) is 7.38. The van der Waals surface area contributed by atoms with Gasteiger partial charge in [-0.05, 0) is 45.9 Å². The first-order valence-electron chi connectivity index (χ1n) is 9.31. The van der Waals surface area contributed by atoms with Gasteiger partial charge in [0.05, 0.1) is 6.04 Å². The van der Waals surface area contributed by atoms with Crippen molar-refractivity contribution in [2.75, 3.05) is 0 Å². The van der Waals surface area contributed by atoms with Gasteiger partial charge in [-0.15, -0.1) is 0 Å². The van der Waals surface area contributed by atoms with Crippen LogP contribution in [0.4, 0.5) is 0 Å². The van der Waals surface area contributed by atoms with Gasteiger partial charge in [-0.25, -0.2) is 19.5 Å². The molecule has 1 amide bonds. The van der Waals surface area contributed by atoms with Crippen LogP contribution in [0.1, 0.15) is 46.1 Å². The van der Waals surface area contributed by atoms with Crippen LogP contribution in [-0.4, -0.2) is 35.5 Å². The number of pyridine rings is 1. The van der Waals surface area contributed by atoms with Crippen molar-refractivity contribution in [2.24, 2.45) is 0 Å². The normalized spacial score (nSPS) is 12.1. The molecule has 0 saturated carbocycles. The molecule has 0 aliphatic rings. The molecule has 4 rings (SSSR count). The minimum absolute atomic E-state index is 0.266. The summed E-state index contributed by atoms with van der Waals surface area (Å²) in [5.74, 6) is 0.363. The van der Waals surface area contributed by atoms with Crippen molar-refractivity contribution in [3.05, 3.63) is 71.2 Å². The summed E-state index contributed by atoms with van der Waals surface area (Å²) in [6.45, 7) is 7.66. The third-order valence-electron chi connectivity index (χ3n) is 4.74. The van der Waals surface area contributed by atoms with E-state index in [1.54, 1.807) is 29.2 Å². The number of nitrogens with zero attached hydrogens (tertiary/aromatic N) is 6. The molecule has 4 aromatic heterocycles. The van der Waals surface area contributed by atoms with E-state index < -0.39 is 0 Å². The van der Waals surface area contributed by atoms with Gasteiger partial charge in [0.1, 0.15) is 0 Å². The molecule has 4 aromatic rings. The molecular weight excluding hydrogens is 366 g/mol. The SMILES string of the molecule is Cc1cc(C)n2nc(C(=O)NC(C)c3cnc(-c4ccncc4)nc3C)cc2n1. The summed E-state index contributed by atoms with van der Waals surface area (Å²) < 4.78 is 1.67. The maximum atomic E-state index is 12.7. The summed E-state index contributed by atoms with van der Waals surface area (Å²) in [7, 11) is 0. The first kappa shape index (κ1) is 18.7. The van der Waals surface area contributed by atoms with E-state index in [1.807, 2.05) is 45.9 Å². The molecule has 29 heavy (non-hydrogen) atoms. The van der Waals surface area contributed by atoms with Crippen molar-refractivity contribution >= 4 is 11.6 Å². The topological polar surface area (TPSA) is 98.0 Å². The van der Waals surface area contributed by atoms with Crippen molar-refractivity contribution in [3.8, 4) is 11.4 Å². The molecule has 8 nitrogen and oxygen atoms in total. The lowest BCUT2D eigenvalue weighted by Gasteiger charge is -2.15. The maximum absolute atomic E-state index is 12.7. The van der Waals surface area contributed by atoms with Gasteiger partial charge in [-0.3, -0.25) is 9.78 Å². The van der Waals surface area contributed by atoms with Crippen molar-refractivity contribution in [1.29, 1.82) is 0 Å². The van der Waals surface area contributed by atoms with E-state index in [4.69, 9.17) is 0 Å². The largest absolute Gasteiger partial charge is 0.344 e. The Bertz CT molecular complexity index is 1200. The molecule has 0 aliphatic heterocycles. The van der Waals surface area contributed by atoms with Crippen molar-refractivity contribution < 1.29 is 4.79 Å². The van der Waals surface area contributed by atoms with Gasteiger partial charge in [0.2, 0.25) is 0 Å². The smallest absolute Gasteiger partial charge is 0.272 e. The Balaban J connectivity index is 1.55. The van der Waals surface area contributed by atoms with Crippen LogP contribution >= 0.6 is 0 Å². The molecule has 146 valence electrons. The van der Waals surface area contributed by atoms with Gasteiger partial charge in [-0.2, -0.15) is 5.10 Å². The molecule has 1 atom stereocenters. The zero-order valence-corrected chi connectivity index (χ0v) is 16.7. The average Bonchev–Trinajstić information content (AvgIpc) is 3.13. The zero-order chi connectivity index (χ0) is 20.5. The molecule has 1 N–H and O–H groups in total. The fraction of sp³-hybridized carbons (Fsp3) is 0.238. The number of rotatable bonds is 4. The van der Waals surface area contributed by atoms with E-state index in [1.165, 1.54) is 0 Å². The van der Waals surface area contributed by atoms with E-state index in [0.29, 0.717) is 17.2 Å². The fourth-order valence-corrected chi connectivity index (χ4v) is 3.29. The lowest BCUT2D eigenvalue weighted by atomic mass is 10.1. The monoisotopic (exact) mass is 387 g/mol. The molecule has 8 heteroatoms. The Morgan fingerprint density at radius 3 is 2.59 bits per heavy atom. The van der Waals surface area contributed by atoms with Crippen LogP contribution in [0.3, 0.4) is 0 Å². The lowest BCUT2D eigenvalue weighted by Crippen LogP contribution is -2.28. The van der Waals surface area contributed by atoms with Crippen LogP contribution in [0.5, 0.6) is 0 Å². The number of fused-ring (bicyclic) bond motifs is 1. The van der Waals surface area contributed by atoms with Crippen LogP contribution in [-0.2, 0) is 0 Å². The minimum Gasteiger partial charge on any atom is -0.344 e. The van der Waals surface area contributed by atoms with E-state index in [2.05, 4.69) is 30.4 Å². The molecule has 4 heterocycles. The summed E-state index contributed by atoms with van der Waals surface area (Å²) >= 11 is 0. The standard InChI is InChI=1S/C21H21N7O/c1-12-9-13(2)28-19(24-12)10-18(27-28)21(29)26-15(4)17-11-23-20(25-14(17)3)16-5-7-22-8-6-16/h5-11,15H,1-4H3,(H,26,29). The van der Waals surface area contributed by atoms with Gasteiger partial charge in [-0.1, -0.05) is 0 Å². The summed E-state index contributed by atoms with van der Waals surface area (Å²) in [4.78, 5) is 30.2. The van der Waals surface area contributed by atoms with E-state index in [0.717, 1.165) is 28.2 Å². The Kier molecular flexibility index (Phi) is 4.75. The second-order valence-corrected chi connectivity index (χ2v) is 7.00. The number of aryl methyl sites for hydroxylation is 3. The highest BCUT2D eigenvalue weighted by atomic mass is 16.2. The predicted octanol–water partition coefficient (Wildman–Crippen LogP) is 3.00. The lowest BCUT2D eigenvalue weighted by molar-refractivity contribution is 0.0934. The van der Waals surface area contributed by atoms with Gasteiger partial charge in [0.25, 0.3) is 5.91 Å². The number of hydrogen-bond acceptors (Lipinski definition) is 6. The summed E-state index contributed by atoms with van der Waals surface area (Å²) in [6.07, 6.45) is 5.16. The van der Waals surface area contributed by atoms with E-state index in [9.17, 15) is 4.79 Å². The number of amides is 1. The Morgan fingerprint density at radius 2 is 1.86 bits per heavy atom. The Morgan fingerprint density at radius 1 is 1.10 bits per heavy atom. The first-order chi connectivity index (χ1) is 13.9. The number of nitrogens with one attached hydrogen (secondary N) is 1. The zero-order valence-electron chi connectivity index (χ0n) is 16.7. The third kappa shape index (κ3) is 3.69. The molecule has 1 unspecified atom stereocenters. The predicted molar refractivity (Wildman–Crippen MR) is 108 cm³/mol. The highest BCUT2D eigenvalue weighted by molar-refractivity contribution is 5.93. The quantitative estimate of drug-likeness (QED) is 0.578. The van der Waals surface area contributed by atoms with Crippen molar-refractivity contribution in [2.45, 2.75) is 33.7 Å². The molecule has 0 bridgehead atoms. The van der Waals surface area contributed by atoms with Crippen molar-refractivity contribution in [3.63, 3.8) is 0 Å². The molecule has 0 spiro atoms. The highest BCUT2D eigenvalue weighted by Gasteiger charge is 2.18. The number of carbonyl (C=O) groups excluding carboxylic acids is 1. The first-order valence-corrected chi connectivity index (χ1v) is 9.31. The minimum atomic E-state index is -0.269. The number of hydrogen-bond donors (Lipinski definition) is 1. The van der Waals surface area contributed by atoms with Crippen LogP contribution < -0.4 is 5.32 Å². The fourth-order valence-electron chi connectivity index (χ4n) is 3.29. The van der Waals surface area contributed by atoms with Crippen LogP contribution in [0, 0.1) is 20.8 Å². The van der Waals surface area contributed by atoms with Crippen LogP contribution in [0.25, 0.3) is 17.0 Å². The Labute approximate surface area is 168 Å².